The standard InChI is InChI=1S/C24H21ClN4O3/c1-15(20-7-2-3-10-26-20)22(24(31)32)29-14-18-9-8-17(12-21(18)28-29)23(30)27-13-16-5-4-6-19(25)11-16/h2-12,14-15,22H,13H2,1H3,(H,27,30)(H,31,32)/t15?,22-/m1/s1. The Hall–Kier alpha value is -3.71. The molecule has 0 saturated heterocycles. The largest absolute Gasteiger partial charge is 0.480 e. The molecule has 8 heteroatoms. The van der Waals surface area contributed by atoms with Gasteiger partial charge in [-0.2, -0.15) is 5.10 Å². The predicted octanol–water partition coefficient (Wildman–Crippen LogP) is 4.44. The molecule has 0 aliphatic rings. The maximum Gasteiger partial charge on any atom is 0.329 e. The summed E-state index contributed by atoms with van der Waals surface area (Å²) in [4.78, 5) is 28.9. The predicted molar refractivity (Wildman–Crippen MR) is 122 cm³/mol. The van der Waals surface area contributed by atoms with Crippen LogP contribution in [0.25, 0.3) is 10.9 Å². The van der Waals surface area contributed by atoms with Gasteiger partial charge in [0.15, 0.2) is 6.04 Å². The number of aliphatic carboxylic acids is 1. The molecule has 2 aromatic heterocycles. The van der Waals surface area contributed by atoms with E-state index in [2.05, 4.69) is 15.4 Å². The SMILES string of the molecule is CC(c1ccccn1)[C@H](C(=O)O)n1cc2ccc(C(=O)NCc3cccc(Cl)c3)cc2n1. The van der Waals surface area contributed by atoms with Crippen LogP contribution in [0.1, 0.15) is 40.5 Å². The minimum Gasteiger partial charge on any atom is -0.480 e. The van der Waals surface area contributed by atoms with E-state index in [4.69, 9.17) is 11.6 Å². The average Bonchev–Trinajstić information content (AvgIpc) is 3.20. The molecular weight excluding hydrogens is 428 g/mol. The molecule has 2 N–H and O–H groups in total. The third-order valence-corrected chi connectivity index (χ3v) is 5.53. The summed E-state index contributed by atoms with van der Waals surface area (Å²) < 4.78 is 1.43. The first-order valence-electron chi connectivity index (χ1n) is 10.1. The van der Waals surface area contributed by atoms with E-state index in [1.54, 1.807) is 54.9 Å². The van der Waals surface area contributed by atoms with Crippen molar-refractivity contribution < 1.29 is 14.7 Å². The highest BCUT2D eigenvalue weighted by molar-refractivity contribution is 6.30. The number of fused-ring (bicyclic) bond motifs is 1. The van der Waals surface area contributed by atoms with E-state index >= 15 is 0 Å². The molecule has 1 amide bonds. The number of carbonyl (C=O) groups is 2. The number of nitrogens with one attached hydrogen (secondary N) is 1. The van der Waals surface area contributed by atoms with Crippen LogP contribution in [0.3, 0.4) is 0 Å². The third kappa shape index (κ3) is 4.63. The van der Waals surface area contributed by atoms with E-state index in [1.165, 1.54) is 4.68 Å². The van der Waals surface area contributed by atoms with Crippen LogP contribution < -0.4 is 5.32 Å². The molecule has 0 bridgehead atoms. The fourth-order valence-electron chi connectivity index (χ4n) is 3.61. The smallest absolute Gasteiger partial charge is 0.329 e. The molecular formula is C24H21ClN4O3. The quantitative estimate of drug-likeness (QED) is 0.435. The first kappa shape index (κ1) is 21.5. The first-order chi connectivity index (χ1) is 15.4. The number of hydrogen-bond acceptors (Lipinski definition) is 4. The Kier molecular flexibility index (Phi) is 6.18. The average molecular weight is 449 g/mol. The normalized spacial score (nSPS) is 12.9. The van der Waals surface area contributed by atoms with E-state index in [9.17, 15) is 14.7 Å². The summed E-state index contributed by atoms with van der Waals surface area (Å²) in [6.07, 6.45) is 3.32. The topological polar surface area (TPSA) is 97.1 Å². The zero-order chi connectivity index (χ0) is 22.7. The summed E-state index contributed by atoms with van der Waals surface area (Å²) in [7, 11) is 0. The van der Waals surface area contributed by atoms with Crippen LogP contribution in [-0.2, 0) is 11.3 Å². The van der Waals surface area contributed by atoms with Crippen LogP contribution in [0.5, 0.6) is 0 Å². The maximum atomic E-state index is 12.6. The molecule has 4 rings (SSSR count). The number of rotatable bonds is 7. The lowest BCUT2D eigenvalue weighted by atomic mass is 9.98. The van der Waals surface area contributed by atoms with Crippen LogP contribution >= 0.6 is 11.6 Å². The van der Waals surface area contributed by atoms with Crippen molar-refractivity contribution in [1.29, 1.82) is 0 Å². The van der Waals surface area contributed by atoms with Crippen molar-refractivity contribution in [2.75, 3.05) is 0 Å². The molecule has 0 spiro atoms. The molecule has 0 fully saturated rings. The number of aromatic nitrogens is 3. The van der Waals surface area contributed by atoms with Gasteiger partial charge in [-0.05, 0) is 42.0 Å². The molecule has 0 radical (unpaired) electrons. The minimum absolute atomic E-state index is 0.252. The molecule has 7 nitrogen and oxygen atoms in total. The zero-order valence-corrected chi connectivity index (χ0v) is 18.0. The molecule has 0 aliphatic heterocycles. The van der Waals surface area contributed by atoms with Crippen molar-refractivity contribution in [3.8, 4) is 0 Å². The molecule has 1 unspecified atom stereocenters. The first-order valence-corrected chi connectivity index (χ1v) is 10.5. The van der Waals surface area contributed by atoms with E-state index < -0.39 is 17.9 Å². The number of carboxylic acids is 1. The van der Waals surface area contributed by atoms with E-state index in [0.717, 1.165) is 10.9 Å². The highest BCUT2D eigenvalue weighted by Crippen LogP contribution is 2.28. The Balaban J connectivity index is 1.56. The van der Waals surface area contributed by atoms with Gasteiger partial charge in [-0.1, -0.05) is 42.8 Å². The van der Waals surface area contributed by atoms with Crippen molar-refractivity contribution in [2.24, 2.45) is 0 Å². The van der Waals surface area contributed by atoms with Gasteiger partial charge >= 0.3 is 5.97 Å². The molecule has 0 saturated carbocycles. The summed E-state index contributed by atoms with van der Waals surface area (Å²) >= 11 is 5.98. The second-order valence-corrected chi connectivity index (χ2v) is 7.96. The summed E-state index contributed by atoms with van der Waals surface area (Å²) in [5, 5.41) is 18.5. The van der Waals surface area contributed by atoms with Crippen LogP contribution in [0, 0.1) is 0 Å². The summed E-state index contributed by atoms with van der Waals surface area (Å²) in [5.74, 6) is -1.66. The third-order valence-electron chi connectivity index (χ3n) is 5.30. The molecule has 162 valence electrons. The van der Waals surface area contributed by atoms with Crippen LogP contribution in [0.4, 0.5) is 0 Å². The van der Waals surface area contributed by atoms with Crippen LogP contribution in [-0.4, -0.2) is 31.7 Å². The Morgan fingerprint density at radius 3 is 2.69 bits per heavy atom. The number of nitrogens with zero attached hydrogens (tertiary/aromatic N) is 3. The Labute approximate surface area is 189 Å². The fourth-order valence-corrected chi connectivity index (χ4v) is 3.83. The number of amides is 1. The lowest BCUT2D eigenvalue weighted by Gasteiger charge is -2.20. The second kappa shape index (κ2) is 9.20. The lowest BCUT2D eigenvalue weighted by molar-refractivity contribution is -0.141. The highest BCUT2D eigenvalue weighted by atomic mass is 35.5. The molecule has 2 aromatic carbocycles. The molecule has 0 aliphatic carbocycles. The number of carboxylic acid groups (broad SMARTS) is 1. The number of pyridine rings is 1. The lowest BCUT2D eigenvalue weighted by Crippen LogP contribution is -2.25. The Bertz CT molecular complexity index is 1270. The maximum absolute atomic E-state index is 12.6. The van der Waals surface area contributed by atoms with Crippen molar-refractivity contribution >= 4 is 34.4 Å². The number of benzene rings is 2. The van der Waals surface area contributed by atoms with Crippen LogP contribution in [0.15, 0.2) is 73.1 Å². The monoisotopic (exact) mass is 448 g/mol. The molecule has 4 aromatic rings. The van der Waals surface area contributed by atoms with Crippen LogP contribution in [0.2, 0.25) is 5.02 Å². The highest BCUT2D eigenvalue weighted by Gasteiger charge is 2.29. The van der Waals surface area contributed by atoms with Gasteiger partial charge in [0.05, 0.1) is 5.52 Å². The number of halogens is 1. The Morgan fingerprint density at radius 1 is 1.12 bits per heavy atom. The van der Waals surface area contributed by atoms with Gasteiger partial charge in [0.25, 0.3) is 5.91 Å². The van der Waals surface area contributed by atoms with Crippen molar-refractivity contribution in [1.82, 2.24) is 20.1 Å². The van der Waals surface area contributed by atoms with Gasteiger partial charge in [-0.3, -0.25) is 14.5 Å². The summed E-state index contributed by atoms with van der Waals surface area (Å²) in [5.41, 5.74) is 2.54. The van der Waals surface area contributed by atoms with E-state index in [1.807, 2.05) is 25.1 Å². The van der Waals surface area contributed by atoms with Gasteiger partial charge in [0, 0.05) is 46.5 Å². The van der Waals surface area contributed by atoms with Crippen molar-refractivity contribution in [3.63, 3.8) is 0 Å². The second-order valence-electron chi connectivity index (χ2n) is 7.52. The van der Waals surface area contributed by atoms with Gasteiger partial charge in [-0.25, -0.2) is 4.79 Å². The zero-order valence-electron chi connectivity index (χ0n) is 17.3. The number of carbonyl (C=O) groups excluding carboxylic acids is 1. The minimum atomic E-state index is -1.00. The van der Waals surface area contributed by atoms with Gasteiger partial charge in [0.1, 0.15) is 0 Å². The Morgan fingerprint density at radius 2 is 1.97 bits per heavy atom. The molecule has 32 heavy (non-hydrogen) atoms. The van der Waals surface area contributed by atoms with E-state index in [0.29, 0.717) is 28.3 Å². The van der Waals surface area contributed by atoms with Crippen molar-refractivity contribution in [2.45, 2.75) is 25.4 Å². The van der Waals surface area contributed by atoms with E-state index in [-0.39, 0.29) is 5.91 Å². The summed E-state index contributed by atoms with van der Waals surface area (Å²) in [6, 6.07) is 16.9. The molecule has 2 atom stereocenters. The number of hydrogen-bond donors (Lipinski definition) is 2. The van der Waals surface area contributed by atoms with Gasteiger partial charge in [-0.15, -0.1) is 0 Å². The fraction of sp³-hybridized carbons (Fsp3) is 0.167. The van der Waals surface area contributed by atoms with Gasteiger partial charge < -0.3 is 10.4 Å². The summed E-state index contributed by atoms with van der Waals surface area (Å²) in [6.45, 7) is 2.15. The van der Waals surface area contributed by atoms with Gasteiger partial charge in [0.2, 0.25) is 0 Å². The van der Waals surface area contributed by atoms with Crippen molar-refractivity contribution in [3.05, 3.63) is 94.9 Å². The molecule has 2 heterocycles.